The molecule has 0 fully saturated rings. The summed E-state index contributed by atoms with van der Waals surface area (Å²) in [5.74, 6) is -0.809. The molecule has 1 aromatic heterocycles. The Bertz CT molecular complexity index is 1180. The van der Waals surface area contributed by atoms with Crippen molar-refractivity contribution < 1.29 is 9.47 Å². The highest BCUT2D eigenvalue weighted by molar-refractivity contribution is 5.72. The molecule has 0 atom stereocenters. The van der Waals surface area contributed by atoms with Gasteiger partial charge in [-0.1, -0.05) is 23.8 Å². The van der Waals surface area contributed by atoms with Gasteiger partial charge in [-0.25, -0.2) is 9.79 Å². The van der Waals surface area contributed by atoms with Gasteiger partial charge in [0.15, 0.2) is 5.79 Å². The highest BCUT2D eigenvalue weighted by Crippen LogP contribution is 2.39. The Morgan fingerprint density at radius 2 is 1.73 bits per heavy atom. The lowest BCUT2D eigenvalue weighted by molar-refractivity contribution is -0.166. The minimum atomic E-state index is -0.809. The van der Waals surface area contributed by atoms with Gasteiger partial charge in [0.2, 0.25) is 0 Å². The van der Waals surface area contributed by atoms with Crippen LogP contribution in [0.15, 0.2) is 45.7 Å². The van der Waals surface area contributed by atoms with E-state index in [1.54, 1.807) is 25.8 Å². The summed E-state index contributed by atoms with van der Waals surface area (Å²) in [6.45, 7) is 6.85. The van der Waals surface area contributed by atoms with Crippen molar-refractivity contribution in [2.75, 3.05) is 14.2 Å². The highest BCUT2D eigenvalue weighted by Gasteiger charge is 2.35. The number of benzene rings is 1. The molecule has 6 heteroatoms. The third-order valence-corrected chi connectivity index (χ3v) is 6.23. The number of ether oxygens (including phenoxy) is 2. The Kier molecular flexibility index (Phi) is 5.16. The molecule has 0 bridgehead atoms. The van der Waals surface area contributed by atoms with E-state index in [0.717, 1.165) is 34.5 Å². The first-order valence-corrected chi connectivity index (χ1v) is 10.2. The Morgan fingerprint density at radius 3 is 2.37 bits per heavy atom. The molecule has 2 aliphatic rings. The summed E-state index contributed by atoms with van der Waals surface area (Å²) in [5, 5.41) is 0. The molecule has 1 aliphatic heterocycles. The molecule has 0 saturated carbocycles. The van der Waals surface area contributed by atoms with Crippen molar-refractivity contribution in [3.05, 3.63) is 74.3 Å². The van der Waals surface area contributed by atoms with E-state index in [1.165, 1.54) is 11.1 Å². The molecule has 0 unspecified atom stereocenters. The summed E-state index contributed by atoms with van der Waals surface area (Å²) in [6.07, 6.45) is 5.40. The summed E-state index contributed by atoms with van der Waals surface area (Å²) in [6, 6.07) is 6.26. The van der Waals surface area contributed by atoms with Crippen molar-refractivity contribution in [3.63, 3.8) is 0 Å². The van der Waals surface area contributed by atoms with Gasteiger partial charge in [0.25, 0.3) is 0 Å². The molecule has 0 amide bonds. The first kappa shape index (κ1) is 20.6. The SMILES string of the molecule is COC1(OC)C=CC2=C(C1)c1cc(=Nc3c(C)cc(C)cc3C)n(C)c(=O)n1CC2. The molecule has 2 heterocycles. The van der Waals surface area contributed by atoms with Crippen molar-refractivity contribution in [1.29, 1.82) is 0 Å². The molecular weight excluding hydrogens is 378 g/mol. The zero-order chi connectivity index (χ0) is 21.6. The zero-order valence-electron chi connectivity index (χ0n) is 18.6. The van der Waals surface area contributed by atoms with E-state index >= 15 is 0 Å². The second-order valence-electron chi connectivity index (χ2n) is 8.22. The van der Waals surface area contributed by atoms with E-state index in [-0.39, 0.29) is 5.69 Å². The van der Waals surface area contributed by atoms with Gasteiger partial charge in [0.05, 0.1) is 11.4 Å². The average Bonchev–Trinajstić information content (AvgIpc) is 2.73. The molecule has 1 aromatic carbocycles. The topological polar surface area (TPSA) is 57.8 Å². The number of rotatable bonds is 3. The van der Waals surface area contributed by atoms with E-state index in [9.17, 15) is 4.79 Å². The number of allylic oxidation sites excluding steroid dienone is 2. The number of aromatic nitrogens is 2. The molecule has 1 aliphatic carbocycles. The second-order valence-corrected chi connectivity index (χ2v) is 8.22. The van der Waals surface area contributed by atoms with Crippen LogP contribution in [0.1, 0.15) is 35.2 Å². The van der Waals surface area contributed by atoms with Crippen LogP contribution in [-0.4, -0.2) is 29.1 Å². The average molecular weight is 408 g/mol. The van der Waals surface area contributed by atoms with Crippen LogP contribution < -0.4 is 11.2 Å². The molecule has 0 radical (unpaired) electrons. The lowest BCUT2D eigenvalue weighted by Gasteiger charge is -2.35. The van der Waals surface area contributed by atoms with Crippen molar-refractivity contribution >= 4 is 11.3 Å². The van der Waals surface area contributed by atoms with Crippen LogP contribution in [0.3, 0.4) is 0 Å². The fourth-order valence-corrected chi connectivity index (χ4v) is 4.55. The van der Waals surface area contributed by atoms with Crippen molar-refractivity contribution in [1.82, 2.24) is 9.13 Å². The van der Waals surface area contributed by atoms with E-state index in [1.807, 2.05) is 16.7 Å². The molecule has 6 nitrogen and oxygen atoms in total. The molecule has 0 N–H and O–H groups in total. The Labute approximate surface area is 176 Å². The van der Waals surface area contributed by atoms with Gasteiger partial charge in [-0.3, -0.25) is 9.13 Å². The summed E-state index contributed by atoms with van der Waals surface area (Å²) in [4.78, 5) is 18.1. The first-order valence-electron chi connectivity index (χ1n) is 10.2. The summed E-state index contributed by atoms with van der Waals surface area (Å²) >= 11 is 0. The van der Waals surface area contributed by atoms with Crippen LogP contribution in [0.25, 0.3) is 5.57 Å². The van der Waals surface area contributed by atoms with Gasteiger partial charge >= 0.3 is 5.69 Å². The number of nitrogens with zero attached hydrogens (tertiary/aromatic N) is 3. The van der Waals surface area contributed by atoms with E-state index in [2.05, 4.69) is 39.0 Å². The number of fused-ring (bicyclic) bond motifs is 2. The predicted octanol–water partition coefficient (Wildman–Crippen LogP) is 3.45. The minimum Gasteiger partial charge on any atom is -0.349 e. The molecule has 4 rings (SSSR count). The molecule has 30 heavy (non-hydrogen) atoms. The third-order valence-electron chi connectivity index (χ3n) is 6.23. The normalized spacial score (nSPS) is 17.9. The largest absolute Gasteiger partial charge is 0.349 e. The second kappa shape index (κ2) is 7.52. The van der Waals surface area contributed by atoms with Crippen LogP contribution in [0.2, 0.25) is 0 Å². The Morgan fingerprint density at radius 1 is 1.07 bits per heavy atom. The fourth-order valence-electron chi connectivity index (χ4n) is 4.55. The highest BCUT2D eigenvalue weighted by atomic mass is 16.7. The van der Waals surface area contributed by atoms with Crippen molar-refractivity contribution in [2.24, 2.45) is 12.0 Å². The van der Waals surface area contributed by atoms with Crippen molar-refractivity contribution in [3.8, 4) is 0 Å². The van der Waals surface area contributed by atoms with Crippen LogP contribution in [0, 0.1) is 20.8 Å². The Hall–Kier alpha value is -2.70. The fraction of sp³-hybridized carbons (Fsp3) is 0.417. The van der Waals surface area contributed by atoms with Crippen molar-refractivity contribution in [2.45, 2.75) is 45.9 Å². The van der Waals surface area contributed by atoms with Crippen LogP contribution in [0.4, 0.5) is 5.69 Å². The van der Waals surface area contributed by atoms with Gasteiger partial charge < -0.3 is 9.47 Å². The number of aryl methyl sites for hydroxylation is 3. The molecule has 0 spiro atoms. The van der Waals surface area contributed by atoms with Gasteiger partial charge in [-0.05, 0) is 55.5 Å². The van der Waals surface area contributed by atoms with Crippen LogP contribution in [0.5, 0.6) is 0 Å². The monoisotopic (exact) mass is 407 g/mol. The van der Waals surface area contributed by atoms with Crippen LogP contribution >= 0.6 is 0 Å². The van der Waals surface area contributed by atoms with Crippen LogP contribution in [-0.2, 0) is 23.1 Å². The smallest absolute Gasteiger partial charge is 0.329 e. The summed E-state index contributed by atoms with van der Waals surface area (Å²) in [7, 11) is 5.07. The van der Waals surface area contributed by atoms with Gasteiger partial charge in [-0.2, -0.15) is 0 Å². The Balaban J connectivity index is 1.94. The van der Waals surface area contributed by atoms with E-state index in [0.29, 0.717) is 18.5 Å². The maximum Gasteiger partial charge on any atom is 0.329 e. The molecular formula is C24H29N3O3. The maximum atomic E-state index is 13.2. The first-order chi connectivity index (χ1) is 14.3. The van der Waals surface area contributed by atoms with Gasteiger partial charge in [0, 0.05) is 40.3 Å². The third kappa shape index (κ3) is 3.30. The summed E-state index contributed by atoms with van der Waals surface area (Å²) in [5.41, 5.74) is 8.10. The predicted molar refractivity (Wildman–Crippen MR) is 118 cm³/mol. The number of methoxy groups -OCH3 is 2. The lowest BCUT2D eigenvalue weighted by atomic mass is 9.87. The number of hydrogen-bond acceptors (Lipinski definition) is 4. The van der Waals surface area contributed by atoms with E-state index in [4.69, 9.17) is 14.5 Å². The number of hydrogen-bond donors (Lipinski definition) is 0. The quantitative estimate of drug-likeness (QED) is 0.733. The molecule has 158 valence electrons. The van der Waals surface area contributed by atoms with Gasteiger partial charge in [-0.15, -0.1) is 0 Å². The molecule has 2 aromatic rings. The standard InChI is InChI=1S/C24H29N3O3/c1-15-11-16(2)22(17(3)12-15)25-21-13-20-19-14-24(29-5,30-6)9-7-18(19)8-10-27(20)23(28)26(21)4/h7,9,11-13H,8,10,14H2,1-6H3. The van der Waals surface area contributed by atoms with E-state index < -0.39 is 5.79 Å². The van der Waals surface area contributed by atoms with Gasteiger partial charge in [0.1, 0.15) is 5.49 Å². The minimum absolute atomic E-state index is 0.0600. The summed E-state index contributed by atoms with van der Waals surface area (Å²) < 4.78 is 14.8. The lowest BCUT2D eigenvalue weighted by Crippen LogP contribution is -2.42. The zero-order valence-corrected chi connectivity index (χ0v) is 18.6. The maximum absolute atomic E-state index is 13.2. The molecule has 0 saturated heterocycles.